The van der Waals surface area contributed by atoms with E-state index in [4.69, 9.17) is 0 Å². The number of carboxylic acid groups (broad SMARTS) is 1. The molecular weight excluding hydrogens is 322 g/mol. The van der Waals surface area contributed by atoms with Gasteiger partial charge in [0.2, 0.25) is 5.43 Å². The van der Waals surface area contributed by atoms with Crippen molar-refractivity contribution in [3.8, 4) is 0 Å². The van der Waals surface area contributed by atoms with Gasteiger partial charge in [-0.1, -0.05) is 0 Å². The summed E-state index contributed by atoms with van der Waals surface area (Å²) in [5, 5.41) is 12.4. The van der Waals surface area contributed by atoms with Crippen molar-refractivity contribution >= 4 is 24.3 Å². The van der Waals surface area contributed by atoms with E-state index in [1.165, 1.54) is 12.4 Å². The first-order chi connectivity index (χ1) is 10.4. The number of amides is 1. The minimum Gasteiger partial charge on any atom is -0.477 e. The molecule has 2 heterocycles. The van der Waals surface area contributed by atoms with Gasteiger partial charge in [0.1, 0.15) is 11.1 Å². The zero-order chi connectivity index (χ0) is 16.3. The molecule has 0 aromatic carbocycles. The molecule has 0 atom stereocenters. The molecule has 0 bridgehead atoms. The molecule has 8 heteroatoms. The second-order valence-electron chi connectivity index (χ2n) is 5.66. The van der Waals surface area contributed by atoms with Crippen LogP contribution in [0.25, 0.3) is 0 Å². The number of nitrogens with zero attached hydrogens (tertiary/aromatic N) is 2. The Balaban J connectivity index is 0.00000264. The monoisotopic (exact) mass is 343 g/mol. The molecule has 1 aliphatic rings. The first kappa shape index (κ1) is 19.2. The Bertz CT molecular complexity index is 634. The lowest BCUT2D eigenvalue weighted by molar-refractivity contribution is 0.0694. The fraction of sp³-hybridized carbons (Fsp3) is 0.533. The molecular formula is C15H22ClN3O4. The maximum atomic E-state index is 12.6. The van der Waals surface area contributed by atoms with Crippen LogP contribution in [0.4, 0.5) is 0 Å². The normalized spacial score (nSPS) is 15.0. The quantitative estimate of drug-likeness (QED) is 0.853. The number of hydrogen-bond acceptors (Lipinski definition) is 4. The summed E-state index contributed by atoms with van der Waals surface area (Å²) in [4.78, 5) is 37.8. The van der Waals surface area contributed by atoms with E-state index in [1.807, 2.05) is 13.8 Å². The molecule has 0 aliphatic carbocycles. The van der Waals surface area contributed by atoms with E-state index in [9.17, 15) is 19.5 Å². The van der Waals surface area contributed by atoms with Crippen LogP contribution in [-0.2, 0) is 0 Å². The lowest BCUT2D eigenvalue weighted by Crippen LogP contribution is -2.38. The molecule has 0 saturated carbocycles. The van der Waals surface area contributed by atoms with Gasteiger partial charge in [-0.3, -0.25) is 9.59 Å². The summed E-state index contributed by atoms with van der Waals surface area (Å²) in [7, 11) is 0. The van der Waals surface area contributed by atoms with Crippen LogP contribution in [0, 0.1) is 0 Å². The first-order valence-corrected chi connectivity index (χ1v) is 7.41. The van der Waals surface area contributed by atoms with Gasteiger partial charge in [-0.25, -0.2) is 4.79 Å². The number of aromatic carboxylic acids is 1. The van der Waals surface area contributed by atoms with Crippen LogP contribution in [0.5, 0.6) is 0 Å². The zero-order valence-electron chi connectivity index (χ0n) is 13.2. The standard InChI is InChI=1S/C15H21N3O4.ClH/c1-10(2)18-8-11(13(19)12(9-18)15(21)22)14(20)17-6-3-4-16-5-7-17;/h8-10,16H,3-7H2,1-2H3,(H,21,22);1H. The van der Waals surface area contributed by atoms with Crippen molar-refractivity contribution in [3.63, 3.8) is 0 Å². The molecule has 1 fully saturated rings. The molecule has 2 rings (SSSR count). The van der Waals surface area contributed by atoms with Gasteiger partial charge < -0.3 is 19.9 Å². The Morgan fingerprint density at radius 1 is 1.17 bits per heavy atom. The number of carbonyl (C=O) groups is 2. The van der Waals surface area contributed by atoms with Gasteiger partial charge >= 0.3 is 5.97 Å². The fourth-order valence-electron chi connectivity index (χ4n) is 2.42. The first-order valence-electron chi connectivity index (χ1n) is 7.41. The molecule has 0 unspecified atom stereocenters. The lowest BCUT2D eigenvalue weighted by Gasteiger charge is -2.21. The Kier molecular flexibility index (Phi) is 6.78. The van der Waals surface area contributed by atoms with Crippen molar-refractivity contribution in [2.45, 2.75) is 26.3 Å². The second kappa shape index (κ2) is 8.12. The Morgan fingerprint density at radius 3 is 2.43 bits per heavy atom. The van der Waals surface area contributed by atoms with E-state index >= 15 is 0 Å². The van der Waals surface area contributed by atoms with Gasteiger partial charge in [-0.05, 0) is 26.8 Å². The largest absolute Gasteiger partial charge is 0.477 e. The predicted molar refractivity (Wildman–Crippen MR) is 88.7 cm³/mol. The number of pyridine rings is 1. The summed E-state index contributed by atoms with van der Waals surface area (Å²) in [6, 6.07) is -0.0453. The highest BCUT2D eigenvalue weighted by Gasteiger charge is 2.24. The van der Waals surface area contributed by atoms with Gasteiger partial charge in [0.25, 0.3) is 5.91 Å². The molecule has 1 aromatic rings. The second-order valence-corrected chi connectivity index (χ2v) is 5.66. The number of nitrogens with one attached hydrogen (secondary N) is 1. The van der Waals surface area contributed by atoms with Crippen LogP contribution in [0.15, 0.2) is 17.2 Å². The predicted octanol–water partition coefficient (Wildman–Crippen LogP) is 0.985. The van der Waals surface area contributed by atoms with Crippen molar-refractivity contribution in [3.05, 3.63) is 33.7 Å². The average molecular weight is 344 g/mol. The van der Waals surface area contributed by atoms with Crippen molar-refractivity contribution < 1.29 is 14.7 Å². The average Bonchev–Trinajstić information content (AvgIpc) is 2.75. The third-order valence-electron chi connectivity index (χ3n) is 3.73. The molecule has 1 amide bonds. The fourth-order valence-corrected chi connectivity index (χ4v) is 2.42. The highest BCUT2D eigenvalue weighted by atomic mass is 35.5. The van der Waals surface area contributed by atoms with E-state index in [-0.39, 0.29) is 29.6 Å². The van der Waals surface area contributed by atoms with Gasteiger partial charge in [-0.15, -0.1) is 12.4 Å². The van der Waals surface area contributed by atoms with Crippen molar-refractivity contribution in [2.24, 2.45) is 0 Å². The molecule has 0 spiro atoms. The van der Waals surface area contributed by atoms with Crippen molar-refractivity contribution in [2.75, 3.05) is 26.2 Å². The van der Waals surface area contributed by atoms with Crippen LogP contribution in [-0.4, -0.2) is 52.6 Å². The smallest absolute Gasteiger partial charge is 0.341 e. The summed E-state index contributed by atoms with van der Waals surface area (Å²) in [5.41, 5.74) is -1.16. The summed E-state index contributed by atoms with van der Waals surface area (Å²) < 4.78 is 1.59. The number of hydrogen-bond donors (Lipinski definition) is 2. The molecule has 2 N–H and O–H groups in total. The van der Waals surface area contributed by atoms with Crippen LogP contribution < -0.4 is 10.7 Å². The van der Waals surface area contributed by atoms with E-state index in [1.54, 1.807) is 9.47 Å². The number of carboxylic acids is 1. The molecule has 23 heavy (non-hydrogen) atoms. The lowest BCUT2D eigenvalue weighted by atomic mass is 10.1. The van der Waals surface area contributed by atoms with E-state index in [2.05, 4.69) is 5.32 Å². The molecule has 128 valence electrons. The van der Waals surface area contributed by atoms with Crippen LogP contribution in [0.2, 0.25) is 0 Å². The SMILES string of the molecule is CC(C)n1cc(C(=O)O)c(=O)c(C(=O)N2CCCNCC2)c1.Cl. The molecule has 1 saturated heterocycles. The van der Waals surface area contributed by atoms with Crippen molar-refractivity contribution in [1.82, 2.24) is 14.8 Å². The highest BCUT2D eigenvalue weighted by Crippen LogP contribution is 2.10. The van der Waals surface area contributed by atoms with E-state index in [0.29, 0.717) is 19.6 Å². The van der Waals surface area contributed by atoms with Crippen LogP contribution in [0.1, 0.15) is 47.0 Å². The Labute approximate surface area is 140 Å². The maximum absolute atomic E-state index is 12.6. The summed E-state index contributed by atoms with van der Waals surface area (Å²) in [5.74, 6) is -1.71. The van der Waals surface area contributed by atoms with Gasteiger partial charge in [-0.2, -0.15) is 0 Å². The van der Waals surface area contributed by atoms with E-state index < -0.39 is 17.3 Å². The highest BCUT2D eigenvalue weighted by molar-refractivity contribution is 5.97. The number of carbonyl (C=O) groups excluding carboxylic acids is 1. The number of rotatable bonds is 3. The molecule has 1 aromatic heterocycles. The van der Waals surface area contributed by atoms with E-state index in [0.717, 1.165) is 13.0 Å². The minimum absolute atomic E-state index is 0. The van der Waals surface area contributed by atoms with Crippen LogP contribution >= 0.6 is 12.4 Å². The topological polar surface area (TPSA) is 91.6 Å². The maximum Gasteiger partial charge on any atom is 0.341 e. The van der Waals surface area contributed by atoms with Gasteiger partial charge in [0, 0.05) is 38.1 Å². The van der Waals surface area contributed by atoms with Crippen LogP contribution in [0.3, 0.4) is 0 Å². The summed E-state index contributed by atoms with van der Waals surface area (Å²) in [6.07, 6.45) is 3.55. The number of aromatic nitrogens is 1. The molecule has 0 radical (unpaired) electrons. The van der Waals surface area contributed by atoms with Gasteiger partial charge in [0.15, 0.2) is 0 Å². The molecule has 7 nitrogen and oxygen atoms in total. The Morgan fingerprint density at radius 2 is 1.83 bits per heavy atom. The molecule has 1 aliphatic heterocycles. The summed E-state index contributed by atoms with van der Waals surface area (Å²) in [6.45, 7) is 6.29. The van der Waals surface area contributed by atoms with Gasteiger partial charge in [0.05, 0.1) is 0 Å². The van der Waals surface area contributed by atoms with Crippen molar-refractivity contribution in [1.29, 1.82) is 0 Å². The third-order valence-corrected chi connectivity index (χ3v) is 3.73. The number of halogens is 1. The third kappa shape index (κ3) is 4.33. The Hall–Kier alpha value is -1.86. The minimum atomic E-state index is -1.31. The summed E-state index contributed by atoms with van der Waals surface area (Å²) >= 11 is 0. The zero-order valence-corrected chi connectivity index (χ0v) is 14.1.